The highest BCUT2D eigenvalue weighted by Gasteiger charge is 2.19. The minimum Gasteiger partial charge on any atom is -0.455 e. The lowest BCUT2D eigenvalue weighted by Gasteiger charge is -2.22. The highest BCUT2D eigenvalue weighted by molar-refractivity contribution is 7.84. The van der Waals surface area contributed by atoms with Crippen LogP contribution in [0.15, 0.2) is 45.7 Å². The molecule has 0 unspecified atom stereocenters. The van der Waals surface area contributed by atoms with E-state index in [0.717, 1.165) is 23.3 Å². The van der Waals surface area contributed by atoms with Crippen molar-refractivity contribution in [2.75, 3.05) is 0 Å². The van der Waals surface area contributed by atoms with Gasteiger partial charge in [-0.1, -0.05) is 37.0 Å². The van der Waals surface area contributed by atoms with Gasteiger partial charge in [0, 0.05) is 10.9 Å². The van der Waals surface area contributed by atoms with E-state index in [0.29, 0.717) is 11.5 Å². The molecule has 1 aliphatic rings. The van der Waals surface area contributed by atoms with Gasteiger partial charge in [-0.15, -0.1) is 0 Å². The zero-order valence-corrected chi connectivity index (χ0v) is 14.7. The molecule has 5 heteroatoms. The van der Waals surface area contributed by atoms with Gasteiger partial charge in [0.05, 0.1) is 16.6 Å². The molecule has 0 aliphatic heterocycles. The summed E-state index contributed by atoms with van der Waals surface area (Å²) >= 11 is 0. The molecule has 3 rings (SSSR count). The molecule has 1 aliphatic carbocycles. The van der Waals surface area contributed by atoms with Crippen LogP contribution < -0.4 is 5.32 Å². The van der Waals surface area contributed by atoms with Crippen molar-refractivity contribution in [1.29, 1.82) is 0 Å². The first kappa shape index (κ1) is 17.0. The zero-order valence-electron chi connectivity index (χ0n) is 13.9. The van der Waals surface area contributed by atoms with Crippen molar-refractivity contribution in [1.82, 2.24) is 5.32 Å². The molecule has 0 bridgehead atoms. The van der Waals surface area contributed by atoms with Gasteiger partial charge in [-0.2, -0.15) is 0 Å². The van der Waals surface area contributed by atoms with E-state index >= 15 is 0 Å². The van der Waals surface area contributed by atoms with Crippen molar-refractivity contribution in [2.45, 2.75) is 55.7 Å². The molecular formula is C19H23NO3S. The first-order valence-electron chi connectivity index (χ1n) is 8.46. The van der Waals surface area contributed by atoms with Crippen molar-refractivity contribution in [3.8, 4) is 0 Å². The Labute approximate surface area is 145 Å². The van der Waals surface area contributed by atoms with Crippen LogP contribution in [0.3, 0.4) is 0 Å². The fourth-order valence-corrected chi connectivity index (χ4v) is 4.00. The van der Waals surface area contributed by atoms with Crippen molar-refractivity contribution in [3.05, 3.63) is 53.5 Å². The Morgan fingerprint density at radius 1 is 1.12 bits per heavy atom. The Morgan fingerprint density at radius 3 is 2.54 bits per heavy atom. The summed E-state index contributed by atoms with van der Waals surface area (Å²) in [6, 6.07) is 11.3. The number of hydrogen-bond donors (Lipinski definition) is 1. The summed E-state index contributed by atoms with van der Waals surface area (Å²) in [4.78, 5) is 13.0. The Bertz CT molecular complexity index is 714. The number of benzene rings is 1. The lowest BCUT2D eigenvalue weighted by atomic mass is 9.95. The second-order valence-corrected chi connectivity index (χ2v) is 7.83. The fourth-order valence-electron chi connectivity index (χ4n) is 2.98. The van der Waals surface area contributed by atoms with Gasteiger partial charge in [-0.05, 0) is 44.0 Å². The van der Waals surface area contributed by atoms with Crippen LogP contribution in [0.25, 0.3) is 0 Å². The van der Waals surface area contributed by atoms with Gasteiger partial charge in [0.15, 0.2) is 5.76 Å². The summed E-state index contributed by atoms with van der Waals surface area (Å²) in [5, 5.41) is 3.03. The molecule has 1 heterocycles. The van der Waals surface area contributed by atoms with Gasteiger partial charge in [0.2, 0.25) is 0 Å². The van der Waals surface area contributed by atoms with Crippen molar-refractivity contribution in [2.24, 2.45) is 0 Å². The molecule has 1 saturated carbocycles. The highest BCUT2D eigenvalue weighted by Crippen LogP contribution is 2.19. The maximum Gasteiger partial charge on any atom is 0.287 e. The van der Waals surface area contributed by atoms with E-state index in [4.69, 9.17) is 4.42 Å². The van der Waals surface area contributed by atoms with E-state index in [1.807, 2.05) is 31.2 Å². The Kier molecular flexibility index (Phi) is 5.51. The minimum atomic E-state index is -1.17. The Morgan fingerprint density at radius 2 is 1.83 bits per heavy atom. The number of furan rings is 1. The molecule has 2 aromatic rings. The van der Waals surface area contributed by atoms with Gasteiger partial charge in [-0.25, -0.2) is 0 Å². The SMILES string of the molecule is Cc1ccc([S@](=O)Cc2ccc(C(=O)NC3CCCCC3)o2)cc1. The average Bonchev–Trinajstić information content (AvgIpc) is 3.05. The van der Waals surface area contributed by atoms with E-state index in [-0.39, 0.29) is 17.7 Å². The number of carbonyl (C=O) groups excluding carboxylic acids is 1. The van der Waals surface area contributed by atoms with Crippen LogP contribution in [0.5, 0.6) is 0 Å². The summed E-state index contributed by atoms with van der Waals surface area (Å²) in [5.74, 6) is 0.980. The number of rotatable bonds is 5. The molecule has 1 atom stereocenters. The van der Waals surface area contributed by atoms with Gasteiger partial charge < -0.3 is 9.73 Å². The van der Waals surface area contributed by atoms with E-state index in [2.05, 4.69) is 5.32 Å². The number of aryl methyl sites for hydroxylation is 1. The second-order valence-electron chi connectivity index (χ2n) is 6.38. The third-order valence-electron chi connectivity index (χ3n) is 4.38. The number of carbonyl (C=O) groups is 1. The largest absolute Gasteiger partial charge is 0.455 e. The summed E-state index contributed by atoms with van der Waals surface area (Å²) < 4.78 is 18.0. The smallest absolute Gasteiger partial charge is 0.287 e. The predicted octanol–water partition coefficient (Wildman–Crippen LogP) is 3.96. The molecule has 24 heavy (non-hydrogen) atoms. The molecule has 1 aromatic heterocycles. The molecule has 0 radical (unpaired) electrons. The normalized spacial score (nSPS) is 16.7. The maximum absolute atomic E-state index is 12.4. The summed E-state index contributed by atoms with van der Waals surface area (Å²) in [7, 11) is -1.17. The van der Waals surface area contributed by atoms with Gasteiger partial charge in [0.25, 0.3) is 5.91 Å². The number of nitrogens with one attached hydrogen (secondary N) is 1. The lowest BCUT2D eigenvalue weighted by molar-refractivity contribution is 0.0898. The third-order valence-corrected chi connectivity index (χ3v) is 5.73. The van der Waals surface area contributed by atoms with Crippen LogP contribution in [0.2, 0.25) is 0 Å². The van der Waals surface area contributed by atoms with E-state index < -0.39 is 10.8 Å². The Hall–Kier alpha value is -1.88. The highest BCUT2D eigenvalue weighted by atomic mass is 32.2. The van der Waals surface area contributed by atoms with Gasteiger partial charge >= 0.3 is 0 Å². The summed E-state index contributed by atoms with van der Waals surface area (Å²) in [6.07, 6.45) is 5.67. The van der Waals surface area contributed by atoms with E-state index in [1.54, 1.807) is 12.1 Å². The molecule has 1 N–H and O–H groups in total. The van der Waals surface area contributed by atoms with Crippen molar-refractivity contribution < 1.29 is 13.4 Å². The topological polar surface area (TPSA) is 59.3 Å². The Balaban J connectivity index is 1.59. The van der Waals surface area contributed by atoms with Crippen LogP contribution >= 0.6 is 0 Å². The monoisotopic (exact) mass is 345 g/mol. The minimum absolute atomic E-state index is 0.172. The van der Waals surface area contributed by atoms with E-state index in [1.165, 1.54) is 19.3 Å². The summed E-state index contributed by atoms with van der Waals surface area (Å²) in [5.41, 5.74) is 1.13. The molecule has 0 spiro atoms. The quantitative estimate of drug-likeness (QED) is 0.892. The van der Waals surface area contributed by atoms with Crippen LogP contribution in [0.1, 0.15) is 54.0 Å². The second kappa shape index (κ2) is 7.79. The zero-order chi connectivity index (χ0) is 16.9. The molecule has 1 fully saturated rings. The standard InChI is InChI=1S/C19H23NO3S/c1-14-7-10-17(11-8-14)24(22)13-16-9-12-18(23-16)19(21)20-15-5-3-2-4-6-15/h7-12,15H,2-6,13H2,1H3,(H,20,21)/t24-/m1/s1. The molecule has 4 nitrogen and oxygen atoms in total. The number of hydrogen-bond acceptors (Lipinski definition) is 3. The lowest BCUT2D eigenvalue weighted by Crippen LogP contribution is -2.35. The molecule has 128 valence electrons. The van der Waals surface area contributed by atoms with Crippen LogP contribution in [0.4, 0.5) is 0 Å². The fraction of sp³-hybridized carbons (Fsp3) is 0.421. The third kappa shape index (κ3) is 4.35. The van der Waals surface area contributed by atoms with Crippen LogP contribution in [-0.4, -0.2) is 16.2 Å². The van der Waals surface area contributed by atoms with Crippen molar-refractivity contribution in [3.63, 3.8) is 0 Å². The molecule has 1 aromatic carbocycles. The molecule has 0 saturated heterocycles. The molecule has 1 amide bonds. The van der Waals surface area contributed by atoms with E-state index in [9.17, 15) is 9.00 Å². The van der Waals surface area contributed by atoms with Gasteiger partial charge in [0.1, 0.15) is 5.76 Å². The average molecular weight is 345 g/mol. The van der Waals surface area contributed by atoms with Crippen molar-refractivity contribution >= 4 is 16.7 Å². The first-order valence-corrected chi connectivity index (χ1v) is 9.78. The van der Waals surface area contributed by atoms with Crippen LogP contribution in [0, 0.1) is 6.92 Å². The first-order chi connectivity index (χ1) is 11.6. The maximum atomic E-state index is 12.4. The van der Waals surface area contributed by atoms with Gasteiger partial charge in [-0.3, -0.25) is 9.00 Å². The summed E-state index contributed by atoms with van der Waals surface area (Å²) in [6.45, 7) is 2.00. The molecular weight excluding hydrogens is 322 g/mol. The van der Waals surface area contributed by atoms with Crippen LogP contribution in [-0.2, 0) is 16.6 Å². The predicted molar refractivity (Wildman–Crippen MR) is 94.3 cm³/mol. The number of amides is 1.